The van der Waals surface area contributed by atoms with Crippen LogP contribution in [0.5, 0.6) is 0 Å². The predicted octanol–water partition coefficient (Wildman–Crippen LogP) is 3.95. The number of nitrogens with zero attached hydrogens (tertiary/aromatic N) is 2. The second kappa shape index (κ2) is 12.3. The average molecular weight is 346 g/mol. The topological polar surface area (TPSA) is 62.1 Å². The molecule has 1 fully saturated rings. The van der Waals surface area contributed by atoms with Crippen LogP contribution in [0.3, 0.4) is 0 Å². The molecule has 0 aromatic rings. The largest absolute Gasteiger partial charge is 0.481 e. The number of hydrogen-bond donors (Lipinski definition) is 1. The highest BCUT2D eigenvalue weighted by Gasteiger charge is 2.20. The molecule has 1 saturated heterocycles. The van der Waals surface area contributed by atoms with E-state index < -0.39 is 5.97 Å². The Bertz CT molecular complexity index is 527. The Morgan fingerprint density at radius 3 is 2.64 bits per heavy atom. The van der Waals surface area contributed by atoms with Crippen molar-refractivity contribution in [1.82, 2.24) is 4.90 Å². The van der Waals surface area contributed by atoms with Gasteiger partial charge in [-0.3, -0.25) is 4.79 Å². The number of rotatable bonds is 11. The first-order valence-corrected chi connectivity index (χ1v) is 8.88. The van der Waals surface area contributed by atoms with Crippen molar-refractivity contribution in [2.24, 2.45) is 5.16 Å². The molecule has 0 amide bonds. The van der Waals surface area contributed by atoms with Crippen molar-refractivity contribution >= 4 is 11.7 Å². The second-order valence-corrected chi connectivity index (χ2v) is 5.97. The summed E-state index contributed by atoms with van der Waals surface area (Å²) < 4.78 is 0. The molecule has 1 N–H and O–H groups in total. The first kappa shape index (κ1) is 20.9. The van der Waals surface area contributed by atoms with Gasteiger partial charge in [0, 0.05) is 19.6 Å². The quantitative estimate of drug-likeness (QED) is 0.266. The van der Waals surface area contributed by atoms with Crippen molar-refractivity contribution < 1.29 is 14.7 Å². The van der Waals surface area contributed by atoms with Crippen LogP contribution in [0.4, 0.5) is 0 Å². The second-order valence-electron chi connectivity index (χ2n) is 5.97. The molecular formula is C20H30N2O3. The van der Waals surface area contributed by atoms with Crippen LogP contribution < -0.4 is 0 Å². The smallest absolute Gasteiger partial charge is 0.307 e. The number of allylic oxidation sites excluding steroid dienone is 4. The molecular weight excluding hydrogens is 316 g/mol. The maximum absolute atomic E-state index is 10.6. The highest BCUT2D eigenvalue weighted by molar-refractivity contribution is 6.02. The number of carboxylic acid groups (broad SMARTS) is 1. The molecule has 0 atom stereocenters. The zero-order valence-corrected chi connectivity index (χ0v) is 15.2. The summed E-state index contributed by atoms with van der Waals surface area (Å²) in [5.74, 6) is -0.858. The van der Waals surface area contributed by atoms with Crippen LogP contribution in [0, 0.1) is 0 Å². The third kappa shape index (κ3) is 8.49. The van der Waals surface area contributed by atoms with Gasteiger partial charge in [0.2, 0.25) is 0 Å². The normalized spacial score (nSPS) is 17.6. The molecule has 25 heavy (non-hydrogen) atoms. The van der Waals surface area contributed by atoms with E-state index in [9.17, 15) is 4.79 Å². The summed E-state index contributed by atoms with van der Waals surface area (Å²) in [6.07, 6.45) is 12.6. The molecule has 1 aliphatic rings. The van der Waals surface area contributed by atoms with Crippen LogP contribution >= 0.6 is 0 Å². The maximum Gasteiger partial charge on any atom is 0.307 e. The van der Waals surface area contributed by atoms with Gasteiger partial charge in [0.1, 0.15) is 6.10 Å². The lowest BCUT2D eigenvalue weighted by Gasteiger charge is -2.30. The van der Waals surface area contributed by atoms with Gasteiger partial charge in [-0.05, 0) is 31.3 Å². The molecule has 5 heteroatoms. The van der Waals surface area contributed by atoms with Gasteiger partial charge < -0.3 is 14.8 Å². The van der Waals surface area contributed by atoms with Gasteiger partial charge in [-0.2, -0.15) is 0 Å². The number of oxime groups is 1. The summed E-state index contributed by atoms with van der Waals surface area (Å²) in [6, 6.07) is 0. The Balaban J connectivity index is 2.60. The predicted molar refractivity (Wildman–Crippen MR) is 103 cm³/mol. The highest BCUT2D eigenvalue weighted by atomic mass is 16.6. The van der Waals surface area contributed by atoms with E-state index >= 15 is 0 Å². The van der Waals surface area contributed by atoms with E-state index in [0.29, 0.717) is 6.42 Å². The summed E-state index contributed by atoms with van der Waals surface area (Å²) >= 11 is 0. The van der Waals surface area contributed by atoms with Crippen LogP contribution in [0.2, 0.25) is 0 Å². The Morgan fingerprint density at radius 2 is 2.08 bits per heavy atom. The van der Waals surface area contributed by atoms with Crippen molar-refractivity contribution in [3.63, 3.8) is 0 Å². The fourth-order valence-corrected chi connectivity index (χ4v) is 2.63. The third-order valence-corrected chi connectivity index (χ3v) is 4.05. The van der Waals surface area contributed by atoms with Gasteiger partial charge in [-0.15, -0.1) is 6.58 Å². The van der Waals surface area contributed by atoms with Crippen LogP contribution in [-0.4, -0.2) is 47.4 Å². The van der Waals surface area contributed by atoms with E-state index in [1.807, 2.05) is 19.1 Å². The summed E-state index contributed by atoms with van der Waals surface area (Å²) in [6.45, 7) is 12.6. The minimum atomic E-state index is -0.858. The first-order valence-electron chi connectivity index (χ1n) is 8.88. The minimum Gasteiger partial charge on any atom is -0.481 e. The van der Waals surface area contributed by atoms with E-state index in [0.717, 1.165) is 50.2 Å². The van der Waals surface area contributed by atoms with Gasteiger partial charge in [-0.1, -0.05) is 49.0 Å². The van der Waals surface area contributed by atoms with E-state index in [2.05, 4.69) is 23.2 Å². The lowest BCUT2D eigenvalue weighted by atomic mass is 10.1. The molecule has 0 bridgehead atoms. The van der Waals surface area contributed by atoms with Crippen LogP contribution in [0.25, 0.3) is 0 Å². The molecule has 0 aromatic heterocycles. The number of carbonyl (C=O) groups is 1. The summed E-state index contributed by atoms with van der Waals surface area (Å²) in [4.78, 5) is 18.8. The molecule has 0 saturated carbocycles. The maximum atomic E-state index is 10.6. The van der Waals surface area contributed by atoms with E-state index in [-0.39, 0.29) is 12.5 Å². The fraction of sp³-hybridized carbons (Fsp3) is 0.500. The Morgan fingerprint density at radius 1 is 1.36 bits per heavy atom. The number of hydrogen-bond acceptors (Lipinski definition) is 4. The van der Waals surface area contributed by atoms with Gasteiger partial charge in [0.25, 0.3) is 0 Å². The van der Waals surface area contributed by atoms with Crippen LogP contribution in [0.15, 0.2) is 54.3 Å². The molecule has 0 aliphatic carbocycles. The lowest BCUT2D eigenvalue weighted by Crippen LogP contribution is -2.37. The van der Waals surface area contributed by atoms with E-state index in [1.54, 1.807) is 18.2 Å². The molecule has 138 valence electrons. The Kier molecular flexibility index (Phi) is 10.2. The van der Waals surface area contributed by atoms with Crippen molar-refractivity contribution in [3.8, 4) is 0 Å². The molecule has 1 rings (SSSR count). The first-order chi connectivity index (χ1) is 12.1. The zero-order chi connectivity index (χ0) is 18.5. The van der Waals surface area contributed by atoms with Gasteiger partial charge in [0.05, 0.1) is 12.1 Å². The minimum absolute atomic E-state index is 0.0184. The SMILES string of the molecule is C=C/C=C(\C=C/CC(=O)O)C(/CC)=N/OC1CCN(CCC=C)CC1. The number of piperidine rings is 1. The summed E-state index contributed by atoms with van der Waals surface area (Å²) in [5.41, 5.74) is 1.64. The van der Waals surface area contributed by atoms with E-state index in [4.69, 9.17) is 9.94 Å². The molecule has 0 unspecified atom stereocenters. The van der Waals surface area contributed by atoms with Crippen molar-refractivity contribution in [3.05, 3.63) is 49.1 Å². The number of carboxylic acids is 1. The van der Waals surface area contributed by atoms with E-state index in [1.165, 1.54) is 0 Å². The van der Waals surface area contributed by atoms with Crippen molar-refractivity contribution in [2.45, 2.75) is 45.1 Å². The molecule has 0 aromatic carbocycles. The van der Waals surface area contributed by atoms with Crippen molar-refractivity contribution in [1.29, 1.82) is 0 Å². The third-order valence-electron chi connectivity index (χ3n) is 4.05. The molecule has 0 spiro atoms. The Labute approximate surface area is 151 Å². The monoisotopic (exact) mass is 346 g/mol. The zero-order valence-electron chi connectivity index (χ0n) is 15.2. The lowest BCUT2D eigenvalue weighted by molar-refractivity contribution is -0.136. The highest BCUT2D eigenvalue weighted by Crippen LogP contribution is 2.16. The average Bonchev–Trinajstić information content (AvgIpc) is 2.61. The molecule has 1 aliphatic heterocycles. The number of aliphatic carboxylic acids is 1. The molecule has 0 radical (unpaired) electrons. The molecule has 5 nitrogen and oxygen atoms in total. The van der Waals surface area contributed by atoms with Crippen LogP contribution in [0.1, 0.15) is 39.0 Å². The molecule has 1 heterocycles. The van der Waals surface area contributed by atoms with Gasteiger partial charge >= 0.3 is 5.97 Å². The van der Waals surface area contributed by atoms with Crippen LogP contribution in [-0.2, 0) is 9.63 Å². The standard InChI is InChI=1S/C20H30N2O3/c1-4-7-14-22-15-12-18(13-16-22)25-21-19(6-3)17(9-5-2)10-8-11-20(23)24/h4-5,8-10,18H,1-2,6-7,11-16H2,3H3,(H,23,24)/b10-8-,17-9+,21-19+. The van der Waals surface area contributed by atoms with Crippen molar-refractivity contribution in [2.75, 3.05) is 19.6 Å². The van der Waals surface area contributed by atoms with Gasteiger partial charge in [-0.25, -0.2) is 0 Å². The number of likely N-dealkylation sites (tertiary alicyclic amines) is 1. The Hall–Kier alpha value is -2.14. The van der Waals surface area contributed by atoms with Gasteiger partial charge in [0.15, 0.2) is 0 Å². The summed E-state index contributed by atoms with van der Waals surface area (Å²) in [5, 5.41) is 13.1. The fourth-order valence-electron chi connectivity index (χ4n) is 2.63. The summed E-state index contributed by atoms with van der Waals surface area (Å²) in [7, 11) is 0.